The van der Waals surface area contributed by atoms with E-state index in [9.17, 15) is 9.18 Å². The van der Waals surface area contributed by atoms with Crippen molar-refractivity contribution in [2.24, 2.45) is 5.92 Å². The van der Waals surface area contributed by atoms with E-state index in [4.69, 9.17) is 0 Å². The number of halogens is 1. The number of aryl methyl sites for hydroxylation is 1. The van der Waals surface area contributed by atoms with Crippen LogP contribution in [0.25, 0.3) is 11.4 Å². The maximum atomic E-state index is 12.7. The molecule has 2 aliphatic rings. The Morgan fingerprint density at radius 1 is 1.28 bits per heavy atom. The molecule has 1 saturated heterocycles. The van der Waals surface area contributed by atoms with Crippen molar-refractivity contribution in [1.82, 2.24) is 25.1 Å². The highest BCUT2D eigenvalue weighted by Crippen LogP contribution is 2.45. The van der Waals surface area contributed by atoms with Crippen LogP contribution in [0, 0.1) is 18.7 Å². The van der Waals surface area contributed by atoms with Gasteiger partial charge in [0.2, 0.25) is 6.41 Å². The minimum atomic E-state index is -0.478. The normalized spacial score (nSPS) is 19.0. The van der Waals surface area contributed by atoms with Crippen LogP contribution in [0.5, 0.6) is 0 Å². The third kappa shape index (κ3) is 4.34. The molecule has 1 amide bonds. The first kappa shape index (κ1) is 18.9. The summed E-state index contributed by atoms with van der Waals surface area (Å²) in [7, 11) is 0. The number of carbonyl (C=O) groups excluding carboxylic acids is 1. The summed E-state index contributed by atoms with van der Waals surface area (Å²) in [5.74, 6) is 1.83. The van der Waals surface area contributed by atoms with E-state index in [1.807, 2.05) is 13.0 Å². The Bertz CT molecular complexity index is 990. The number of benzene rings is 1. The molecule has 1 saturated carbocycles. The number of carbonyl (C=O) groups is 1. The highest BCUT2D eigenvalue weighted by molar-refractivity contribution is 5.75. The molecule has 1 aromatic carbocycles. The molecule has 29 heavy (non-hydrogen) atoms. The SMILES string of the molecule is Cc1ccc(NC=O)cc1-c1ncc(F)cn1.[HH].c1ncc(N2CCC3CC32)nn1. The van der Waals surface area contributed by atoms with Crippen molar-refractivity contribution in [1.29, 1.82) is 0 Å². The van der Waals surface area contributed by atoms with Crippen LogP contribution in [0.3, 0.4) is 0 Å². The predicted octanol–water partition coefficient (Wildman–Crippen LogP) is 2.88. The molecule has 1 aliphatic carbocycles. The zero-order valence-corrected chi connectivity index (χ0v) is 15.9. The van der Waals surface area contributed by atoms with Crippen molar-refractivity contribution in [3.05, 3.63) is 54.5 Å². The summed E-state index contributed by atoms with van der Waals surface area (Å²) in [5.41, 5.74) is 2.36. The molecular weight excluding hydrogens is 373 g/mol. The highest BCUT2D eigenvalue weighted by Gasteiger charge is 2.47. The second kappa shape index (κ2) is 8.26. The third-order valence-electron chi connectivity index (χ3n) is 5.11. The first-order valence-electron chi connectivity index (χ1n) is 9.34. The fourth-order valence-electron chi connectivity index (χ4n) is 3.52. The van der Waals surface area contributed by atoms with E-state index in [0.29, 0.717) is 17.9 Å². The summed E-state index contributed by atoms with van der Waals surface area (Å²) < 4.78 is 12.7. The lowest BCUT2D eigenvalue weighted by Gasteiger charge is -2.16. The van der Waals surface area contributed by atoms with Gasteiger partial charge in [-0.25, -0.2) is 19.3 Å². The van der Waals surface area contributed by atoms with E-state index in [-0.39, 0.29) is 1.43 Å². The number of hydrogen-bond acceptors (Lipinski definition) is 7. The van der Waals surface area contributed by atoms with E-state index in [0.717, 1.165) is 47.8 Å². The van der Waals surface area contributed by atoms with Gasteiger partial charge in [-0.05, 0) is 43.4 Å². The van der Waals surface area contributed by atoms with Gasteiger partial charge in [0, 0.05) is 25.3 Å². The second-order valence-electron chi connectivity index (χ2n) is 7.03. The van der Waals surface area contributed by atoms with Crippen LogP contribution < -0.4 is 10.2 Å². The number of piperidine rings is 1. The molecule has 9 heteroatoms. The summed E-state index contributed by atoms with van der Waals surface area (Å²) in [6, 6.07) is 6.12. The van der Waals surface area contributed by atoms with Crippen LogP contribution in [0.1, 0.15) is 19.8 Å². The zero-order chi connectivity index (χ0) is 20.2. The molecule has 0 bridgehead atoms. The number of aromatic nitrogens is 5. The second-order valence-corrected chi connectivity index (χ2v) is 7.03. The fourth-order valence-corrected chi connectivity index (χ4v) is 3.52. The maximum Gasteiger partial charge on any atom is 0.211 e. The molecule has 2 fully saturated rings. The smallest absolute Gasteiger partial charge is 0.211 e. The maximum absolute atomic E-state index is 12.7. The van der Waals surface area contributed by atoms with Gasteiger partial charge < -0.3 is 10.2 Å². The van der Waals surface area contributed by atoms with E-state index in [2.05, 4.69) is 35.4 Å². The lowest BCUT2D eigenvalue weighted by atomic mass is 10.1. The van der Waals surface area contributed by atoms with Gasteiger partial charge in [0.1, 0.15) is 6.33 Å². The van der Waals surface area contributed by atoms with Crippen LogP contribution in [0.15, 0.2) is 43.1 Å². The Morgan fingerprint density at radius 3 is 2.72 bits per heavy atom. The van der Waals surface area contributed by atoms with Crippen molar-refractivity contribution >= 4 is 17.9 Å². The predicted molar refractivity (Wildman–Crippen MR) is 108 cm³/mol. The van der Waals surface area contributed by atoms with Crippen molar-refractivity contribution in [2.45, 2.75) is 25.8 Å². The monoisotopic (exact) mass is 395 g/mol. The summed E-state index contributed by atoms with van der Waals surface area (Å²) in [6.07, 6.45) is 8.76. The molecular formula is C20H22FN7O. The molecule has 150 valence electrons. The number of fused-ring (bicyclic) bond motifs is 1. The van der Waals surface area contributed by atoms with Gasteiger partial charge in [0.05, 0.1) is 18.6 Å². The van der Waals surface area contributed by atoms with Crippen LogP contribution in [0.4, 0.5) is 15.9 Å². The third-order valence-corrected chi connectivity index (χ3v) is 5.11. The molecule has 2 atom stereocenters. The summed E-state index contributed by atoms with van der Waals surface area (Å²) >= 11 is 0. The minimum absolute atomic E-state index is 0. The van der Waals surface area contributed by atoms with Crippen molar-refractivity contribution in [2.75, 3.05) is 16.8 Å². The zero-order valence-electron chi connectivity index (χ0n) is 15.9. The summed E-state index contributed by atoms with van der Waals surface area (Å²) in [4.78, 5) is 24.5. The van der Waals surface area contributed by atoms with Crippen LogP contribution in [-0.4, -0.2) is 44.1 Å². The molecule has 8 nitrogen and oxygen atoms in total. The van der Waals surface area contributed by atoms with Crippen molar-refractivity contribution in [3.63, 3.8) is 0 Å². The first-order chi connectivity index (χ1) is 14.2. The summed E-state index contributed by atoms with van der Waals surface area (Å²) in [5, 5.41) is 10.4. The van der Waals surface area contributed by atoms with Gasteiger partial charge in [-0.15, -0.1) is 10.2 Å². The largest absolute Gasteiger partial charge is 0.351 e. The number of anilines is 2. The Labute approximate surface area is 168 Å². The molecule has 2 aromatic heterocycles. The van der Waals surface area contributed by atoms with Gasteiger partial charge in [0.25, 0.3) is 0 Å². The summed E-state index contributed by atoms with van der Waals surface area (Å²) in [6.45, 7) is 3.03. The number of rotatable bonds is 4. The van der Waals surface area contributed by atoms with E-state index in [1.54, 1.807) is 18.3 Å². The minimum Gasteiger partial charge on any atom is -0.351 e. The Kier molecular flexibility index (Phi) is 5.37. The van der Waals surface area contributed by atoms with Gasteiger partial charge in [-0.3, -0.25) is 4.79 Å². The molecule has 1 aliphatic heterocycles. The fraction of sp³-hybridized carbons (Fsp3) is 0.300. The molecule has 0 radical (unpaired) electrons. The first-order valence-corrected chi connectivity index (χ1v) is 9.34. The molecule has 3 heterocycles. The lowest BCUT2D eigenvalue weighted by molar-refractivity contribution is -0.105. The number of nitrogens with one attached hydrogen (secondary N) is 1. The van der Waals surface area contributed by atoms with E-state index < -0.39 is 5.82 Å². The number of nitrogens with zero attached hydrogens (tertiary/aromatic N) is 6. The van der Waals surface area contributed by atoms with Gasteiger partial charge in [0.15, 0.2) is 17.5 Å². The molecule has 1 N–H and O–H groups in total. The van der Waals surface area contributed by atoms with Crippen LogP contribution in [-0.2, 0) is 4.79 Å². The average Bonchev–Trinajstić information content (AvgIpc) is 3.41. The number of hydrogen-bond donors (Lipinski definition) is 1. The molecule has 0 spiro atoms. The Hall–Kier alpha value is -3.49. The van der Waals surface area contributed by atoms with Crippen LogP contribution >= 0.6 is 0 Å². The Morgan fingerprint density at radius 2 is 2.10 bits per heavy atom. The standard InChI is InChI=1S/C12H10FN3O.C8H10N4.H2/c1-8-2-3-10(16-7-17)4-11(8)12-14-5-9(13)6-15-12;1-2-12(7-3-6(1)7)8-4-9-5-10-11-8;/h2-7H,1H3,(H,16,17);4-7H,1-3H2;1H. The Balaban J connectivity index is 0.000000173. The lowest BCUT2D eigenvalue weighted by Crippen LogP contribution is -2.23. The van der Waals surface area contributed by atoms with Gasteiger partial charge in [-0.1, -0.05) is 6.07 Å². The van der Waals surface area contributed by atoms with Gasteiger partial charge in [-0.2, -0.15) is 0 Å². The van der Waals surface area contributed by atoms with Crippen LogP contribution in [0.2, 0.25) is 0 Å². The van der Waals surface area contributed by atoms with E-state index in [1.165, 1.54) is 19.2 Å². The number of amides is 1. The molecule has 5 rings (SSSR count). The van der Waals surface area contributed by atoms with Gasteiger partial charge >= 0.3 is 0 Å². The van der Waals surface area contributed by atoms with Crippen molar-refractivity contribution in [3.8, 4) is 11.4 Å². The molecule has 3 aromatic rings. The average molecular weight is 395 g/mol. The van der Waals surface area contributed by atoms with E-state index >= 15 is 0 Å². The van der Waals surface area contributed by atoms with Crippen molar-refractivity contribution < 1.29 is 10.6 Å². The molecule has 2 unspecified atom stereocenters. The highest BCUT2D eigenvalue weighted by atomic mass is 19.1. The topological polar surface area (TPSA) is 96.8 Å². The quantitative estimate of drug-likeness (QED) is 0.679.